The minimum Gasteiger partial charge on any atom is -0.497 e. The lowest BCUT2D eigenvalue weighted by Crippen LogP contribution is -1.97. The van der Waals surface area contributed by atoms with E-state index in [1.807, 2.05) is 48.5 Å². The molecule has 0 atom stereocenters. The topological polar surface area (TPSA) is 31.4 Å². The maximum absolute atomic E-state index is 5.52. The SMILES string of the molecule is COc1cccc(-c2nc(-c3cccc(OC)c3)c(-c3ccccc3)cc2-c2ccccc2)c1. The number of benzene rings is 4. The number of hydrogen-bond donors (Lipinski definition) is 0. The maximum Gasteiger partial charge on any atom is 0.119 e. The van der Waals surface area contributed by atoms with Crippen LogP contribution in [0.3, 0.4) is 0 Å². The quantitative estimate of drug-likeness (QED) is 0.269. The Kier molecular flexibility index (Phi) is 6.09. The Hall–Kier alpha value is -4.37. The Morgan fingerprint density at radius 1 is 0.441 bits per heavy atom. The van der Waals surface area contributed by atoms with E-state index in [1.54, 1.807) is 14.2 Å². The molecule has 0 amide bonds. The molecule has 0 aliphatic heterocycles. The summed E-state index contributed by atoms with van der Waals surface area (Å²) in [6.45, 7) is 0. The molecule has 0 saturated heterocycles. The van der Waals surface area contributed by atoms with Crippen molar-refractivity contribution >= 4 is 0 Å². The molecule has 0 fully saturated rings. The van der Waals surface area contributed by atoms with Gasteiger partial charge in [0.1, 0.15) is 11.5 Å². The van der Waals surface area contributed by atoms with Gasteiger partial charge in [-0.2, -0.15) is 0 Å². The van der Waals surface area contributed by atoms with Crippen molar-refractivity contribution in [2.24, 2.45) is 0 Å². The van der Waals surface area contributed by atoms with Crippen molar-refractivity contribution in [1.82, 2.24) is 4.98 Å². The number of aromatic nitrogens is 1. The maximum atomic E-state index is 5.52. The summed E-state index contributed by atoms with van der Waals surface area (Å²) >= 11 is 0. The minimum absolute atomic E-state index is 0.799. The van der Waals surface area contributed by atoms with Gasteiger partial charge >= 0.3 is 0 Å². The average Bonchev–Trinajstić information content (AvgIpc) is 2.93. The standard InChI is InChI=1S/C31H25NO2/c1-33-26-17-9-15-24(19-26)30-28(22-11-5-3-6-12-22)21-29(23-13-7-4-8-14-23)31(32-30)25-16-10-18-27(20-25)34-2/h3-21H,1-2H3. The van der Waals surface area contributed by atoms with Crippen LogP contribution in [0.2, 0.25) is 0 Å². The molecule has 3 heteroatoms. The molecule has 0 aliphatic carbocycles. The molecule has 1 heterocycles. The van der Waals surface area contributed by atoms with Crippen molar-refractivity contribution in [1.29, 1.82) is 0 Å². The van der Waals surface area contributed by atoms with E-state index in [0.29, 0.717) is 0 Å². The fourth-order valence-electron chi connectivity index (χ4n) is 4.17. The minimum atomic E-state index is 0.799. The lowest BCUT2D eigenvalue weighted by molar-refractivity contribution is 0.415. The van der Waals surface area contributed by atoms with Crippen molar-refractivity contribution in [3.63, 3.8) is 0 Å². The lowest BCUT2D eigenvalue weighted by Gasteiger charge is -2.17. The molecule has 34 heavy (non-hydrogen) atoms. The van der Waals surface area contributed by atoms with Crippen LogP contribution in [0.15, 0.2) is 115 Å². The Bertz CT molecular complexity index is 1310. The lowest BCUT2D eigenvalue weighted by atomic mass is 9.92. The van der Waals surface area contributed by atoms with E-state index in [-0.39, 0.29) is 0 Å². The van der Waals surface area contributed by atoms with Gasteiger partial charge in [-0.25, -0.2) is 4.98 Å². The van der Waals surface area contributed by atoms with Crippen LogP contribution in [0.1, 0.15) is 0 Å². The highest BCUT2D eigenvalue weighted by Gasteiger charge is 2.18. The molecule has 0 aliphatic rings. The molecule has 3 nitrogen and oxygen atoms in total. The van der Waals surface area contributed by atoms with Crippen molar-refractivity contribution < 1.29 is 9.47 Å². The molecule has 5 rings (SSSR count). The van der Waals surface area contributed by atoms with Crippen LogP contribution in [0, 0.1) is 0 Å². The van der Waals surface area contributed by atoms with E-state index in [0.717, 1.165) is 56.3 Å². The normalized spacial score (nSPS) is 10.6. The smallest absolute Gasteiger partial charge is 0.119 e. The first-order valence-electron chi connectivity index (χ1n) is 11.2. The third-order valence-corrected chi connectivity index (χ3v) is 5.88. The first-order valence-corrected chi connectivity index (χ1v) is 11.2. The molecule has 0 N–H and O–H groups in total. The molecule has 0 radical (unpaired) electrons. The fourth-order valence-corrected chi connectivity index (χ4v) is 4.17. The fraction of sp³-hybridized carbons (Fsp3) is 0.0645. The summed E-state index contributed by atoms with van der Waals surface area (Å²) in [6, 6.07) is 39.2. The summed E-state index contributed by atoms with van der Waals surface area (Å²) in [7, 11) is 3.37. The van der Waals surface area contributed by atoms with Crippen LogP contribution >= 0.6 is 0 Å². The summed E-state index contributed by atoms with van der Waals surface area (Å²) in [6.07, 6.45) is 0. The summed E-state index contributed by atoms with van der Waals surface area (Å²) in [4.78, 5) is 5.31. The van der Waals surface area contributed by atoms with Crippen LogP contribution in [-0.4, -0.2) is 19.2 Å². The number of nitrogens with zero attached hydrogens (tertiary/aromatic N) is 1. The van der Waals surface area contributed by atoms with Gasteiger partial charge in [0.15, 0.2) is 0 Å². The summed E-state index contributed by atoms with van der Waals surface area (Å²) in [5.41, 5.74) is 8.18. The highest BCUT2D eigenvalue weighted by molar-refractivity contribution is 5.91. The molecular formula is C31H25NO2. The van der Waals surface area contributed by atoms with E-state index < -0.39 is 0 Å². The van der Waals surface area contributed by atoms with Gasteiger partial charge in [0.25, 0.3) is 0 Å². The zero-order valence-corrected chi connectivity index (χ0v) is 19.2. The first-order chi connectivity index (χ1) is 16.8. The van der Waals surface area contributed by atoms with Gasteiger partial charge in [-0.15, -0.1) is 0 Å². The molecule has 1 aromatic heterocycles. The molecule has 166 valence electrons. The Morgan fingerprint density at radius 2 is 0.853 bits per heavy atom. The van der Waals surface area contributed by atoms with Crippen LogP contribution in [0.25, 0.3) is 44.8 Å². The van der Waals surface area contributed by atoms with E-state index in [4.69, 9.17) is 14.5 Å². The monoisotopic (exact) mass is 443 g/mol. The molecule has 0 bridgehead atoms. The Labute approximate surface area is 200 Å². The third-order valence-electron chi connectivity index (χ3n) is 5.88. The van der Waals surface area contributed by atoms with Crippen LogP contribution < -0.4 is 9.47 Å². The number of hydrogen-bond acceptors (Lipinski definition) is 3. The highest BCUT2D eigenvalue weighted by atomic mass is 16.5. The summed E-state index contributed by atoms with van der Waals surface area (Å²) in [5, 5.41) is 0. The van der Waals surface area contributed by atoms with E-state index in [9.17, 15) is 0 Å². The number of methoxy groups -OCH3 is 2. The largest absolute Gasteiger partial charge is 0.497 e. The van der Waals surface area contributed by atoms with Crippen molar-refractivity contribution in [2.45, 2.75) is 0 Å². The van der Waals surface area contributed by atoms with E-state index in [2.05, 4.69) is 66.7 Å². The zero-order valence-electron chi connectivity index (χ0n) is 19.2. The molecule has 0 unspecified atom stereocenters. The molecule has 0 saturated carbocycles. The molecule has 5 aromatic rings. The molecular weight excluding hydrogens is 418 g/mol. The Balaban J connectivity index is 1.84. The van der Waals surface area contributed by atoms with Crippen molar-refractivity contribution in [3.8, 4) is 56.3 Å². The summed E-state index contributed by atoms with van der Waals surface area (Å²) < 4.78 is 11.0. The first kappa shape index (κ1) is 21.5. The highest BCUT2D eigenvalue weighted by Crippen LogP contribution is 2.40. The van der Waals surface area contributed by atoms with Gasteiger partial charge < -0.3 is 9.47 Å². The van der Waals surface area contributed by atoms with Gasteiger partial charge in [-0.3, -0.25) is 0 Å². The number of pyridine rings is 1. The van der Waals surface area contributed by atoms with Gasteiger partial charge in [0, 0.05) is 22.3 Å². The second kappa shape index (κ2) is 9.63. The van der Waals surface area contributed by atoms with E-state index >= 15 is 0 Å². The predicted molar refractivity (Wildman–Crippen MR) is 139 cm³/mol. The zero-order chi connectivity index (χ0) is 23.3. The average molecular weight is 444 g/mol. The van der Waals surface area contributed by atoms with Gasteiger partial charge in [-0.05, 0) is 41.5 Å². The van der Waals surface area contributed by atoms with Crippen LogP contribution in [0.5, 0.6) is 11.5 Å². The van der Waals surface area contributed by atoms with Crippen molar-refractivity contribution in [3.05, 3.63) is 115 Å². The van der Waals surface area contributed by atoms with Gasteiger partial charge in [0.2, 0.25) is 0 Å². The summed E-state index contributed by atoms with van der Waals surface area (Å²) in [5.74, 6) is 1.60. The van der Waals surface area contributed by atoms with Gasteiger partial charge in [0.05, 0.1) is 25.6 Å². The van der Waals surface area contributed by atoms with Crippen LogP contribution in [-0.2, 0) is 0 Å². The van der Waals surface area contributed by atoms with Crippen molar-refractivity contribution in [2.75, 3.05) is 14.2 Å². The number of rotatable bonds is 6. The van der Waals surface area contributed by atoms with E-state index in [1.165, 1.54) is 0 Å². The molecule has 4 aromatic carbocycles. The predicted octanol–water partition coefficient (Wildman–Crippen LogP) is 7.77. The third kappa shape index (κ3) is 4.28. The van der Waals surface area contributed by atoms with Crippen LogP contribution in [0.4, 0.5) is 0 Å². The second-order valence-electron chi connectivity index (χ2n) is 7.98. The Morgan fingerprint density at radius 3 is 1.26 bits per heavy atom. The van der Waals surface area contributed by atoms with Gasteiger partial charge in [-0.1, -0.05) is 84.9 Å². The molecule has 0 spiro atoms. The second-order valence-corrected chi connectivity index (χ2v) is 7.98. The number of ether oxygens (including phenoxy) is 2.